The maximum absolute atomic E-state index is 2.49. The Balaban J connectivity index is 1.96. The van der Waals surface area contributed by atoms with Crippen LogP contribution in [-0.2, 0) is 0 Å². The molecular formula is C17H22. The van der Waals surface area contributed by atoms with Gasteiger partial charge in [0.2, 0.25) is 0 Å². The van der Waals surface area contributed by atoms with Gasteiger partial charge in [0.1, 0.15) is 0 Å². The lowest BCUT2D eigenvalue weighted by molar-refractivity contribution is 0.259. The van der Waals surface area contributed by atoms with Crippen molar-refractivity contribution in [1.29, 1.82) is 0 Å². The molecule has 0 saturated heterocycles. The molecule has 1 saturated carbocycles. The highest BCUT2D eigenvalue weighted by Crippen LogP contribution is 2.51. The van der Waals surface area contributed by atoms with E-state index in [1.807, 2.05) is 0 Å². The van der Waals surface area contributed by atoms with Gasteiger partial charge in [-0.3, -0.25) is 0 Å². The summed E-state index contributed by atoms with van der Waals surface area (Å²) < 4.78 is 0. The van der Waals surface area contributed by atoms with Crippen molar-refractivity contribution >= 4 is 6.08 Å². The number of hydrogen-bond donors (Lipinski definition) is 0. The summed E-state index contributed by atoms with van der Waals surface area (Å²) in [4.78, 5) is 0. The Hall–Kier alpha value is -1.04. The Morgan fingerprint density at radius 1 is 1.06 bits per heavy atom. The molecule has 0 heteroatoms. The molecule has 1 aromatic carbocycles. The second kappa shape index (κ2) is 4.01. The summed E-state index contributed by atoms with van der Waals surface area (Å²) in [5.41, 5.74) is 5.16. The maximum Gasteiger partial charge on any atom is 0.00345 e. The fraction of sp³-hybridized carbons (Fsp3) is 0.529. The van der Waals surface area contributed by atoms with Gasteiger partial charge in [-0.15, -0.1) is 0 Å². The van der Waals surface area contributed by atoms with Crippen LogP contribution in [0.2, 0.25) is 0 Å². The molecule has 3 rings (SSSR count). The van der Waals surface area contributed by atoms with E-state index in [4.69, 9.17) is 0 Å². The van der Waals surface area contributed by atoms with E-state index in [9.17, 15) is 0 Å². The molecule has 2 aliphatic rings. The van der Waals surface area contributed by atoms with Gasteiger partial charge in [-0.2, -0.15) is 0 Å². The van der Waals surface area contributed by atoms with E-state index in [0.717, 1.165) is 0 Å². The van der Waals surface area contributed by atoms with Gasteiger partial charge in [0.15, 0.2) is 0 Å². The molecule has 0 aliphatic heterocycles. The minimum atomic E-state index is 0.469. The molecule has 1 unspecified atom stereocenters. The quantitative estimate of drug-likeness (QED) is 0.620. The van der Waals surface area contributed by atoms with E-state index in [1.54, 1.807) is 5.57 Å². The highest BCUT2D eigenvalue weighted by molar-refractivity contribution is 5.67. The van der Waals surface area contributed by atoms with Crippen LogP contribution < -0.4 is 0 Å². The van der Waals surface area contributed by atoms with Gasteiger partial charge < -0.3 is 0 Å². The van der Waals surface area contributed by atoms with Crippen LogP contribution in [0.25, 0.3) is 6.08 Å². The minimum Gasteiger partial charge on any atom is -0.0619 e. The molecule has 0 aromatic heterocycles. The molecule has 17 heavy (non-hydrogen) atoms. The number of allylic oxidation sites excluding steroid dienone is 1. The molecule has 1 aromatic rings. The van der Waals surface area contributed by atoms with E-state index in [-0.39, 0.29) is 0 Å². The molecular weight excluding hydrogens is 204 g/mol. The number of benzene rings is 1. The van der Waals surface area contributed by atoms with Gasteiger partial charge in [0.05, 0.1) is 0 Å². The van der Waals surface area contributed by atoms with E-state index in [0.29, 0.717) is 11.3 Å². The third-order valence-electron chi connectivity index (χ3n) is 4.89. The highest BCUT2D eigenvalue weighted by atomic mass is 14.4. The summed E-state index contributed by atoms with van der Waals surface area (Å²) in [5.74, 6) is 0.634. The van der Waals surface area contributed by atoms with Crippen LogP contribution >= 0.6 is 0 Å². The predicted octanol–water partition coefficient (Wildman–Crippen LogP) is 5.16. The lowest BCUT2D eigenvalue weighted by Crippen LogP contribution is -2.24. The summed E-state index contributed by atoms with van der Waals surface area (Å²) in [6.45, 7) is 4.87. The zero-order valence-electron chi connectivity index (χ0n) is 11.0. The topological polar surface area (TPSA) is 0 Å². The standard InChI is InChI=1S/C17H22/c1-13-15-9-5-4-8-14(15)12-16(13)17(2)10-6-3-7-11-17/h4-5,8-9,12-13H,3,6-7,10-11H2,1-2H3. The van der Waals surface area contributed by atoms with Crippen LogP contribution in [-0.4, -0.2) is 0 Å². The molecule has 0 spiro atoms. The molecule has 0 heterocycles. The van der Waals surface area contributed by atoms with Crippen molar-refractivity contribution in [3.05, 3.63) is 41.0 Å². The van der Waals surface area contributed by atoms with Crippen molar-refractivity contribution in [2.75, 3.05) is 0 Å². The predicted molar refractivity (Wildman–Crippen MR) is 74.0 cm³/mol. The molecule has 2 aliphatic carbocycles. The van der Waals surface area contributed by atoms with Crippen molar-refractivity contribution < 1.29 is 0 Å². The largest absolute Gasteiger partial charge is 0.0619 e. The Labute approximate surface area is 105 Å². The lowest BCUT2D eigenvalue weighted by Gasteiger charge is -2.37. The summed E-state index contributed by atoms with van der Waals surface area (Å²) in [6, 6.07) is 8.91. The molecule has 0 amide bonds. The second-order valence-corrected chi connectivity index (χ2v) is 6.07. The molecule has 0 N–H and O–H groups in total. The Kier molecular flexibility index (Phi) is 2.61. The summed E-state index contributed by atoms with van der Waals surface area (Å²) >= 11 is 0. The first kappa shape index (κ1) is 11.1. The minimum absolute atomic E-state index is 0.469. The normalized spacial score (nSPS) is 26.5. The second-order valence-electron chi connectivity index (χ2n) is 6.07. The third-order valence-corrected chi connectivity index (χ3v) is 4.89. The summed E-state index contributed by atoms with van der Waals surface area (Å²) in [6.07, 6.45) is 9.51. The third kappa shape index (κ3) is 1.74. The maximum atomic E-state index is 2.49. The zero-order chi connectivity index (χ0) is 11.9. The number of fused-ring (bicyclic) bond motifs is 1. The van der Waals surface area contributed by atoms with Crippen molar-refractivity contribution in [3.63, 3.8) is 0 Å². The van der Waals surface area contributed by atoms with Gasteiger partial charge in [-0.05, 0) is 29.4 Å². The van der Waals surface area contributed by atoms with Gasteiger partial charge in [-0.25, -0.2) is 0 Å². The molecule has 0 nitrogen and oxygen atoms in total. The number of hydrogen-bond acceptors (Lipinski definition) is 0. The SMILES string of the molecule is CC1C(C2(C)CCCCC2)=Cc2ccccc21. The molecule has 0 bridgehead atoms. The molecule has 90 valence electrons. The fourth-order valence-electron chi connectivity index (χ4n) is 3.81. The highest BCUT2D eigenvalue weighted by Gasteiger charge is 2.36. The average Bonchev–Trinajstić information content (AvgIpc) is 2.69. The summed E-state index contributed by atoms with van der Waals surface area (Å²) in [5, 5.41) is 0. The lowest BCUT2D eigenvalue weighted by atomic mass is 9.67. The molecule has 1 fully saturated rings. The fourth-order valence-corrected chi connectivity index (χ4v) is 3.81. The van der Waals surface area contributed by atoms with Crippen LogP contribution in [0.4, 0.5) is 0 Å². The Morgan fingerprint density at radius 3 is 2.47 bits per heavy atom. The first-order valence-electron chi connectivity index (χ1n) is 7.02. The van der Waals surface area contributed by atoms with Crippen LogP contribution in [0.3, 0.4) is 0 Å². The van der Waals surface area contributed by atoms with Crippen LogP contribution in [0.15, 0.2) is 29.8 Å². The molecule has 1 atom stereocenters. The first-order chi connectivity index (χ1) is 8.21. The van der Waals surface area contributed by atoms with Gasteiger partial charge in [0, 0.05) is 5.92 Å². The zero-order valence-corrected chi connectivity index (χ0v) is 11.0. The smallest absolute Gasteiger partial charge is 0.00345 e. The van der Waals surface area contributed by atoms with E-state index < -0.39 is 0 Å². The first-order valence-corrected chi connectivity index (χ1v) is 7.02. The van der Waals surface area contributed by atoms with E-state index in [1.165, 1.54) is 43.2 Å². The monoisotopic (exact) mass is 226 g/mol. The van der Waals surface area contributed by atoms with Crippen molar-refractivity contribution in [3.8, 4) is 0 Å². The number of rotatable bonds is 1. The van der Waals surface area contributed by atoms with Crippen molar-refractivity contribution in [2.24, 2.45) is 5.41 Å². The average molecular weight is 226 g/mol. The summed E-state index contributed by atoms with van der Waals surface area (Å²) in [7, 11) is 0. The van der Waals surface area contributed by atoms with Crippen molar-refractivity contribution in [2.45, 2.75) is 51.9 Å². The van der Waals surface area contributed by atoms with Crippen LogP contribution in [0.1, 0.15) is 63.0 Å². The van der Waals surface area contributed by atoms with Crippen LogP contribution in [0.5, 0.6) is 0 Å². The van der Waals surface area contributed by atoms with Crippen LogP contribution in [0, 0.1) is 5.41 Å². The van der Waals surface area contributed by atoms with Gasteiger partial charge in [-0.1, -0.05) is 69.0 Å². The van der Waals surface area contributed by atoms with E-state index in [2.05, 4.69) is 44.2 Å². The van der Waals surface area contributed by atoms with Crippen molar-refractivity contribution in [1.82, 2.24) is 0 Å². The molecule has 0 radical (unpaired) electrons. The Morgan fingerprint density at radius 2 is 1.76 bits per heavy atom. The Bertz CT molecular complexity index is 447. The van der Waals surface area contributed by atoms with Gasteiger partial charge >= 0.3 is 0 Å². The van der Waals surface area contributed by atoms with Gasteiger partial charge in [0.25, 0.3) is 0 Å². The van der Waals surface area contributed by atoms with E-state index >= 15 is 0 Å².